The average molecular weight is 215 g/mol. The first-order chi connectivity index (χ1) is 7.45. The summed E-state index contributed by atoms with van der Waals surface area (Å²) in [6, 6.07) is 0. The van der Waals surface area contributed by atoms with Crippen LogP contribution in [0.15, 0.2) is 0 Å². The second-order valence-corrected chi connectivity index (χ2v) is 4.31. The summed E-state index contributed by atoms with van der Waals surface area (Å²) < 4.78 is 16.3. The highest BCUT2D eigenvalue weighted by Crippen LogP contribution is 2.12. The third-order valence-corrected chi connectivity index (χ3v) is 2.94. The van der Waals surface area contributed by atoms with Crippen LogP contribution in [-0.2, 0) is 14.2 Å². The minimum absolute atomic E-state index is 0.239. The molecule has 0 bridgehead atoms. The van der Waals surface area contributed by atoms with Crippen molar-refractivity contribution in [1.29, 1.82) is 0 Å². The van der Waals surface area contributed by atoms with Crippen LogP contribution in [0.2, 0.25) is 0 Å². The van der Waals surface area contributed by atoms with E-state index < -0.39 is 0 Å². The van der Waals surface area contributed by atoms with E-state index in [1.807, 2.05) is 0 Å². The van der Waals surface area contributed by atoms with Gasteiger partial charge in [-0.25, -0.2) is 0 Å². The second kappa shape index (κ2) is 6.43. The average Bonchev–Trinajstić information content (AvgIpc) is 2.32. The predicted molar refractivity (Wildman–Crippen MR) is 57.0 cm³/mol. The lowest BCUT2D eigenvalue weighted by atomic mass is 10.0. The maximum Gasteiger partial charge on any atom is 0.0933 e. The minimum Gasteiger partial charge on any atom is -0.381 e. The fourth-order valence-corrected chi connectivity index (χ4v) is 2.07. The fraction of sp³-hybridized carbons (Fsp3) is 1.00. The van der Waals surface area contributed by atoms with Gasteiger partial charge in [-0.3, -0.25) is 0 Å². The molecule has 0 amide bonds. The maximum atomic E-state index is 5.55. The zero-order valence-corrected chi connectivity index (χ0v) is 9.24. The van der Waals surface area contributed by atoms with Gasteiger partial charge in [0.15, 0.2) is 0 Å². The van der Waals surface area contributed by atoms with Crippen LogP contribution in [0.3, 0.4) is 0 Å². The topological polar surface area (TPSA) is 39.7 Å². The molecule has 15 heavy (non-hydrogen) atoms. The van der Waals surface area contributed by atoms with Gasteiger partial charge in [-0.1, -0.05) is 0 Å². The number of hydrogen-bond donors (Lipinski definition) is 1. The summed E-state index contributed by atoms with van der Waals surface area (Å²) in [6.07, 6.45) is 2.73. The van der Waals surface area contributed by atoms with Crippen LogP contribution in [0.5, 0.6) is 0 Å². The zero-order chi connectivity index (χ0) is 10.3. The van der Waals surface area contributed by atoms with E-state index in [0.717, 1.165) is 46.1 Å². The van der Waals surface area contributed by atoms with Crippen LogP contribution in [0.1, 0.15) is 12.8 Å². The Morgan fingerprint density at radius 2 is 1.93 bits per heavy atom. The monoisotopic (exact) mass is 215 g/mol. The second-order valence-electron chi connectivity index (χ2n) is 4.31. The van der Waals surface area contributed by atoms with Crippen molar-refractivity contribution in [2.75, 3.05) is 46.1 Å². The summed E-state index contributed by atoms with van der Waals surface area (Å²) in [7, 11) is 0. The first kappa shape index (κ1) is 11.3. The van der Waals surface area contributed by atoms with Gasteiger partial charge in [0.05, 0.1) is 32.5 Å². The van der Waals surface area contributed by atoms with E-state index in [0.29, 0.717) is 5.92 Å². The standard InChI is InChI=1S/C11H21NO3/c1-2-10(8-13-3-1)6-12-7-11-9-14-4-5-15-11/h10-12H,1-9H2. The van der Waals surface area contributed by atoms with Crippen molar-refractivity contribution in [3.8, 4) is 0 Å². The van der Waals surface area contributed by atoms with Crippen LogP contribution in [0, 0.1) is 5.92 Å². The highest BCUT2D eigenvalue weighted by atomic mass is 16.6. The van der Waals surface area contributed by atoms with Crippen LogP contribution in [0.4, 0.5) is 0 Å². The molecule has 2 unspecified atom stereocenters. The van der Waals surface area contributed by atoms with E-state index in [1.54, 1.807) is 0 Å². The Morgan fingerprint density at radius 1 is 1.00 bits per heavy atom. The molecule has 2 saturated heterocycles. The van der Waals surface area contributed by atoms with Gasteiger partial charge in [-0.15, -0.1) is 0 Å². The molecule has 2 aliphatic rings. The molecule has 2 aliphatic heterocycles. The molecule has 0 saturated carbocycles. The molecule has 4 nitrogen and oxygen atoms in total. The molecule has 0 radical (unpaired) electrons. The molecule has 4 heteroatoms. The Kier molecular flexibility index (Phi) is 4.86. The first-order valence-electron chi connectivity index (χ1n) is 5.93. The Bertz CT molecular complexity index is 147. The van der Waals surface area contributed by atoms with Crippen molar-refractivity contribution in [3.63, 3.8) is 0 Å². The van der Waals surface area contributed by atoms with E-state index in [2.05, 4.69) is 5.32 Å². The lowest BCUT2D eigenvalue weighted by Crippen LogP contribution is -2.40. The first-order valence-corrected chi connectivity index (χ1v) is 5.93. The molecular weight excluding hydrogens is 194 g/mol. The van der Waals surface area contributed by atoms with Crippen LogP contribution < -0.4 is 5.32 Å². The zero-order valence-electron chi connectivity index (χ0n) is 9.24. The summed E-state index contributed by atoms with van der Waals surface area (Å²) >= 11 is 0. The largest absolute Gasteiger partial charge is 0.381 e. The van der Waals surface area contributed by atoms with Crippen LogP contribution in [-0.4, -0.2) is 52.2 Å². The lowest BCUT2D eigenvalue weighted by Gasteiger charge is -2.26. The molecule has 0 spiro atoms. The Hall–Kier alpha value is -0.160. The van der Waals surface area contributed by atoms with Gasteiger partial charge in [0, 0.05) is 19.7 Å². The molecule has 88 valence electrons. The molecule has 2 atom stereocenters. The predicted octanol–water partition coefficient (Wildman–Crippen LogP) is 0.418. The molecule has 0 aromatic carbocycles. The van der Waals surface area contributed by atoms with Gasteiger partial charge < -0.3 is 19.5 Å². The smallest absolute Gasteiger partial charge is 0.0933 e. The summed E-state index contributed by atoms with van der Waals surface area (Å²) in [5.74, 6) is 0.684. The molecule has 2 fully saturated rings. The van der Waals surface area contributed by atoms with Crippen molar-refractivity contribution < 1.29 is 14.2 Å². The van der Waals surface area contributed by atoms with E-state index in [1.165, 1.54) is 12.8 Å². The van der Waals surface area contributed by atoms with Crippen molar-refractivity contribution in [1.82, 2.24) is 5.32 Å². The van der Waals surface area contributed by atoms with Crippen molar-refractivity contribution in [2.24, 2.45) is 5.92 Å². The number of ether oxygens (including phenoxy) is 3. The molecule has 2 rings (SSSR count). The van der Waals surface area contributed by atoms with Gasteiger partial charge in [-0.2, -0.15) is 0 Å². The molecule has 1 N–H and O–H groups in total. The fourth-order valence-electron chi connectivity index (χ4n) is 2.07. The van der Waals surface area contributed by atoms with E-state index >= 15 is 0 Å². The summed E-state index contributed by atoms with van der Waals surface area (Å²) in [5.41, 5.74) is 0. The van der Waals surface area contributed by atoms with Gasteiger partial charge in [0.1, 0.15) is 0 Å². The number of rotatable bonds is 4. The minimum atomic E-state index is 0.239. The molecule has 0 aromatic rings. The van der Waals surface area contributed by atoms with Gasteiger partial charge in [0.25, 0.3) is 0 Å². The Morgan fingerprint density at radius 3 is 2.67 bits per heavy atom. The molecule has 0 aromatic heterocycles. The number of hydrogen-bond acceptors (Lipinski definition) is 4. The quantitative estimate of drug-likeness (QED) is 0.737. The van der Waals surface area contributed by atoms with Crippen molar-refractivity contribution in [3.05, 3.63) is 0 Å². The summed E-state index contributed by atoms with van der Waals surface area (Å²) in [4.78, 5) is 0. The van der Waals surface area contributed by atoms with Gasteiger partial charge in [-0.05, 0) is 18.8 Å². The molecule has 2 heterocycles. The summed E-state index contributed by atoms with van der Waals surface area (Å²) in [5, 5.41) is 3.44. The van der Waals surface area contributed by atoms with E-state index in [9.17, 15) is 0 Å². The normalized spacial score (nSPS) is 32.8. The lowest BCUT2D eigenvalue weighted by molar-refractivity contribution is -0.0868. The highest BCUT2D eigenvalue weighted by molar-refractivity contribution is 4.69. The highest BCUT2D eigenvalue weighted by Gasteiger charge is 2.16. The van der Waals surface area contributed by atoms with Gasteiger partial charge in [0.2, 0.25) is 0 Å². The van der Waals surface area contributed by atoms with Crippen molar-refractivity contribution in [2.45, 2.75) is 18.9 Å². The number of nitrogens with one attached hydrogen (secondary N) is 1. The summed E-state index contributed by atoms with van der Waals surface area (Å²) in [6.45, 7) is 6.00. The Labute approximate surface area is 91.3 Å². The van der Waals surface area contributed by atoms with E-state index in [-0.39, 0.29) is 6.10 Å². The van der Waals surface area contributed by atoms with E-state index in [4.69, 9.17) is 14.2 Å². The van der Waals surface area contributed by atoms with Crippen molar-refractivity contribution >= 4 is 0 Å². The Balaban J connectivity index is 1.53. The maximum absolute atomic E-state index is 5.55. The molecular formula is C11H21NO3. The van der Waals surface area contributed by atoms with Crippen LogP contribution >= 0.6 is 0 Å². The third kappa shape index (κ3) is 4.07. The van der Waals surface area contributed by atoms with Crippen LogP contribution in [0.25, 0.3) is 0 Å². The third-order valence-electron chi connectivity index (χ3n) is 2.94. The van der Waals surface area contributed by atoms with Gasteiger partial charge >= 0.3 is 0 Å². The SMILES string of the molecule is C1COCC(CNCC2COCCO2)C1. The molecule has 0 aliphatic carbocycles.